The Morgan fingerprint density at radius 2 is 1.43 bits per heavy atom. The summed E-state index contributed by atoms with van der Waals surface area (Å²) in [6, 6.07) is 7.84. The lowest BCUT2D eigenvalue weighted by atomic mass is 9.93. The summed E-state index contributed by atoms with van der Waals surface area (Å²) in [5.41, 5.74) is 8.76. The summed E-state index contributed by atoms with van der Waals surface area (Å²) < 4.78 is 1.76. The lowest BCUT2D eigenvalue weighted by Crippen LogP contribution is -2.05. The number of rotatable bonds is 4. The second-order valence-corrected chi connectivity index (χ2v) is 7.56. The predicted octanol–water partition coefficient (Wildman–Crippen LogP) is 5.59. The van der Waals surface area contributed by atoms with Gasteiger partial charge in [0.1, 0.15) is 11.5 Å². The molecule has 0 saturated heterocycles. The maximum absolute atomic E-state index is 11.7. The van der Waals surface area contributed by atoms with Crippen molar-refractivity contribution in [3.8, 4) is 11.1 Å². The average molecular weight is 378 g/mol. The Kier molecular flexibility index (Phi) is 4.98. The molecule has 0 fully saturated rings. The van der Waals surface area contributed by atoms with Crippen LogP contribution in [0.2, 0.25) is 0 Å². The number of hydrogen-bond donors (Lipinski definition) is 1. The number of aryl methyl sites for hydroxylation is 7. The van der Waals surface area contributed by atoms with Gasteiger partial charge in [0, 0.05) is 18.7 Å². The smallest absolute Gasteiger partial charge is 0.293 e. The molecule has 0 aliphatic rings. The monoisotopic (exact) mass is 378 g/mol. The maximum atomic E-state index is 11.7. The van der Waals surface area contributed by atoms with Crippen molar-refractivity contribution in [3.05, 3.63) is 67.9 Å². The molecule has 146 valence electrons. The molecular weight excluding hydrogens is 352 g/mol. The summed E-state index contributed by atoms with van der Waals surface area (Å²) in [6.45, 7) is 12.0. The molecule has 0 radical (unpaired) electrons. The summed E-state index contributed by atoms with van der Waals surface area (Å²) in [5, 5.41) is 19.6. The van der Waals surface area contributed by atoms with Crippen LogP contribution in [0.3, 0.4) is 0 Å². The second kappa shape index (κ2) is 7.11. The molecule has 0 bridgehead atoms. The van der Waals surface area contributed by atoms with E-state index in [-0.39, 0.29) is 10.6 Å². The first kappa shape index (κ1) is 19.6. The zero-order valence-electron chi connectivity index (χ0n) is 17.5. The number of benzene rings is 2. The van der Waals surface area contributed by atoms with Crippen LogP contribution >= 0.6 is 0 Å². The Bertz CT molecular complexity index is 1070. The minimum atomic E-state index is -0.340. The standard InChI is InChI=1S/C22H26N4O2/c1-12-8-14(3)19(15(4)9-12)20-17(6)24-25(7)22(20)23-21-16(5)10-13(2)11-18(21)26(27)28/h8-11,23H,1-7H3. The molecule has 0 aliphatic carbocycles. The number of aromatic nitrogens is 2. The predicted molar refractivity (Wildman–Crippen MR) is 113 cm³/mol. The fraction of sp³-hybridized carbons (Fsp3) is 0.318. The minimum absolute atomic E-state index is 0.0691. The normalized spacial score (nSPS) is 11.0. The highest BCUT2D eigenvalue weighted by atomic mass is 16.6. The van der Waals surface area contributed by atoms with Gasteiger partial charge >= 0.3 is 0 Å². The molecule has 0 atom stereocenters. The van der Waals surface area contributed by atoms with E-state index in [4.69, 9.17) is 0 Å². The van der Waals surface area contributed by atoms with Crippen molar-refractivity contribution in [1.82, 2.24) is 9.78 Å². The Morgan fingerprint density at radius 1 is 0.893 bits per heavy atom. The quantitative estimate of drug-likeness (QED) is 0.474. The van der Waals surface area contributed by atoms with Gasteiger partial charge in [0.2, 0.25) is 0 Å². The van der Waals surface area contributed by atoms with Gasteiger partial charge in [-0.25, -0.2) is 0 Å². The summed E-state index contributed by atoms with van der Waals surface area (Å²) in [5.74, 6) is 0.752. The van der Waals surface area contributed by atoms with E-state index in [1.54, 1.807) is 10.7 Å². The molecule has 3 rings (SSSR count). The highest BCUT2D eigenvalue weighted by molar-refractivity contribution is 5.86. The van der Waals surface area contributed by atoms with Crippen LogP contribution < -0.4 is 5.32 Å². The zero-order chi connectivity index (χ0) is 20.7. The van der Waals surface area contributed by atoms with Crippen molar-refractivity contribution in [3.63, 3.8) is 0 Å². The van der Waals surface area contributed by atoms with E-state index in [2.05, 4.69) is 43.3 Å². The van der Waals surface area contributed by atoms with Crippen LogP contribution in [0.15, 0.2) is 24.3 Å². The maximum Gasteiger partial charge on any atom is 0.293 e. The molecule has 6 heteroatoms. The topological polar surface area (TPSA) is 73.0 Å². The molecular formula is C22H26N4O2. The van der Waals surface area contributed by atoms with Gasteiger partial charge in [-0.15, -0.1) is 0 Å². The van der Waals surface area contributed by atoms with E-state index in [0.717, 1.165) is 44.9 Å². The molecule has 2 aromatic carbocycles. The van der Waals surface area contributed by atoms with Crippen molar-refractivity contribution in [2.75, 3.05) is 5.32 Å². The molecule has 0 spiro atoms. The van der Waals surface area contributed by atoms with Gasteiger partial charge < -0.3 is 5.32 Å². The lowest BCUT2D eigenvalue weighted by Gasteiger charge is -2.16. The zero-order valence-corrected chi connectivity index (χ0v) is 17.5. The van der Waals surface area contributed by atoms with Crippen molar-refractivity contribution >= 4 is 17.2 Å². The Balaban J connectivity index is 2.24. The molecule has 6 nitrogen and oxygen atoms in total. The Labute approximate surface area is 165 Å². The number of nitro benzene ring substituents is 1. The summed E-state index contributed by atoms with van der Waals surface area (Å²) >= 11 is 0. The van der Waals surface area contributed by atoms with Crippen LogP contribution in [0.5, 0.6) is 0 Å². The summed E-state index contributed by atoms with van der Waals surface area (Å²) in [6.07, 6.45) is 0. The van der Waals surface area contributed by atoms with Gasteiger partial charge in [0.05, 0.1) is 10.6 Å². The molecule has 3 aromatic rings. The molecule has 0 unspecified atom stereocenters. The van der Waals surface area contributed by atoms with E-state index in [9.17, 15) is 10.1 Å². The van der Waals surface area contributed by atoms with E-state index < -0.39 is 0 Å². The van der Waals surface area contributed by atoms with E-state index in [0.29, 0.717) is 5.69 Å². The van der Waals surface area contributed by atoms with E-state index in [1.807, 2.05) is 33.9 Å². The first-order valence-corrected chi connectivity index (χ1v) is 9.24. The van der Waals surface area contributed by atoms with Crippen LogP contribution in [-0.2, 0) is 7.05 Å². The number of nitrogens with zero attached hydrogens (tertiary/aromatic N) is 3. The van der Waals surface area contributed by atoms with Crippen molar-refractivity contribution in [2.45, 2.75) is 41.5 Å². The largest absolute Gasteiger partial charge is 0.334 e. The molecule has 28 heavy (non-hydrogen) atoms. The van der Waals surface area contributed by atoms with Gasteiger partial charge in [-0.3, -0.25) is 14.8 Å². The van der Waals surface area contributed by atoms with E-state index >= 15 is 0 Å². The summed E-state index contributed by atoms with van der Waals surface area (Å²) in [7, 11) is 1.85. The van der Waals surface area contributed by atoms with E-state index in [1.165, 1.54) is 5.56 Å². The Morgan fingerprint density at radius 3 is 2.00 bits per heavy atom. The van der Waals surface area contributed by atoms with Crippen LogP contribution in [0, 0.1) is 51.7 Å². The SMILES string of the molecule is Cc1cc(C)c(-c2c(C)nn(C)c2Nc2c(C)cc(C)cc2[N+](=O)[O-])c(C)c1. The fourth-order valence-corrected chi connectivity index (χ4v) is 4.05. The second-order valence-electron chi connectivity index (χ2n) is 7.56. The highest BCUT2D eigenvalue weighted by Gasteiger charge is 2.23. The van der Waals surface area contributed by atoms with Gasteiger partial charge in [-0.05, 0) is 69.4 Å². The summed E-state index contributed by atoms with van der Waals surface area (Å²) in [4.78, 5) is 11.3. The Hall–Kier alpha value is -3.15. The van der Waals surface area contributed by atoms with Crippen molar-refractivity contribution in [1.29, 1.82) is 0 Å². The molecule has 0 amide bonds. The van der Waals surface area contributed by atoms with Crippen LogP contribution in [0.4, 0.5) is 17.2 Å². The van der Waals surface area contributed by atoms with Crippen LogP contribution in [-0.4, -0.2) is 14.7 Å². The molecule has 1 heterocycles. The number of nitro groups is 1. The first-order chi connectivity index (χ1) is 13.1. The third kappa shape index (κ3) is 3.38. The fourth-order valence-electron chi connectivity index (χ4n) is 4.05. The third-order valence-electron chi connectivity index (χ3n) is 5.05. The van der Waals surface area contributed by atoms with Gasteiger partial charge in [-0.2, -0.15) is 5.10 Å². The van der Waals surface area contributed by atoms with Crippen molar-refractivity contribution in [2.24, 2.45) is 7.05 Å². The number of hydrogen-bond acceptors (Lipinski definition) is 4. The van der Waals surface area contributed by atoms with Gasteiger partial charge in [0.25, 0.3) is 5.69 Å². The number of anilines is 2. The lowest BCUT2D eigenvalue weighted by molar-refractivity contribution is -0.384. The number of nitrogens with one attached hydrogen (secondary N) is 1. The molecule has 0 saturated carbocycles. The van der Waals surface area contributed by atoms with Crippen molar-refractivity contribution < 1.29 is 4.92 Å². The molecule has 0 aliphatic heterocycles. The molecule has 1 N–H and O–H groups in total. The van der Waals surface area contributed by atoms with Gasteiger partial charge in [-0.1, -0.05) is 23.8 Å². The van der Waals surface area contributed by atoms with Crippen LogP contribution in [0.1, 0.15) is 33.5 Å². The molecule has 1 aromatic heterocycles. The minimum Gasteiger partial charge on any atom is -0.334 e. The highest BCUT2D eigenvalue weighted by Crippen LogP contribution is 2.40. The van der Waals surface area contributed by atoms with Crippen LogP contribution in [0.25, 0.3) is 11.1 Å². The van der Waals surface area contributed by atoms with Gasteiger partial charge in [0.15, 0.2) is 0 Å². The average Bonchev–Trinajstić information content (AvgIpc) is 2.83. The third-order valence-corrected chi connectivity index (χ3v) is 5.05. The first-order valence-electron chi connectivity index (χ1n) is 9.24.